The monoisotopic (exact) mass is 382 g/mol. The SMILES string of the molecule is OC1C=C(c2ccccc2)c2ccc(OCc3c(F)cccc3Cl)cc2O1. The molecule has 3 aromatic rings. The second-order valence-electron chi connectivity index (χ2n) is 6.10. The van der Waals surface area contributed by atoms with Gasteiger partial charge < -0.3 is 14.6 Å². The van der Waals surface area contributed by atoms with E-state index in [9.17, 15) is 9.50 Å². The molecule has 136 valence electrons. The number of hydrogen-bond acceptors (Lipinski definition) is 3. The molecule has 0 saturated carbocycles. The predicted octanol–water partition coefficient (Wildman–Crippen LogP) is 5.20. The van der Waals surface area contributed by atoms with E-state index in [1.165, 1.54) is 6.07 Å². The number of halogens is 2. The molecule has 3 aromatic carbocycles. The highest BCUT2D eigenvalue weighted by Gasteiger charge is 2.21. The molecule has 0 aromatic heterocycles. The Morgan fingerprint density at radius 3 is 2.63 bits per heavy atom. The molecular formula is C22H16ClFO3. The molecule has 0 saturated heterocycles. The lowest BCUT2D eigenvalue weighted by Crippen LogP contribution is -2.18. The predicted molar refractivity (Wildman–Crippen MR) is 102 cm³/mol. The van der Waals surface area contributed by atoms with Gasteiger partial charge >= 0.3 is 0 Å². The summed E-state index contributed by atoms with van der Waals surface area (Å²) in [5, 5.41) is 10.4. The Bertz CT molecular complexity index is 981. The van der Waals surface area contributed by atoms with E-state index in [1.807, 2.05) is 36.4 Å². The Hall–Kier alpha value is -2.82. The van der Waals surface area contributed by atoms with Gasteiger partial charge in [-0.1, -0.05) is 48.0 Å². The second kappa shape index (κ2) is 7.43. The molecule has 0 aliphatic carbocycles. The first-order valence-corrected chi connectivity index (χ1v) is 8.82. The third-order valence-corrected chi connectivity index (χ3v) is 4.68. The number of ether oxygens (including phenoxy) is 2. The van der Waals surface area contributed by atoms with Crippen LogP contribution in [-0.4, -0.2) is 11.4 Å². The number of fused-ring (bicyclic) bond motifs is 1. The number of benzene rings is 3. The van der Waals surface area contributed by atoms with Crippen molar-refractivity contribution in [3.05, 3.63) is 100 Å². The number of rotatable bonds is 4. The number of aliphatic hydroxyl groups is 1. The summed E-state index contributed by atoms with van der Waals surface area (Å²) < 4.78 is 25.1. The first-order chi connectivity index (χ1) is 13.1. The van der Waals surface area contributed by atoms with Crippen molar-refractivity contribution in [3.8, 4) is 11.5 Å². The average Bonchev–Trinajstić information content (AvgIpc) is 2.67. The van der Waals surface area contributed by atoms with Gasteiger partial charge in [-0.3, -0.25) is 0 Å². The fourth-order valence-electron chi connectivity index (χ4n) is 3.00. The van der Waals surface area contributed by atoms with Crippen molar-refractivity contribution in [3.63, 3.8) is 0 Å². The maximum Gasteiger partial charge on any atom is 0.218 e. The Labute approximate surface area is 161 Å². The molecular weight excluding hydrogens is 367 g/mol. The van der Waals surface area contributed by atoms with Gasteiger partial charge in [0.25, 0.3) is 0 Å². The second-order valence-corrected chi connectivity index (χ2v) is 6.51. The summed E-state index contributed by atoms with van der Waals surface area (Å²) in [4.78, 5) is 0. The minimum absolute atomic E-state index is 0.00573. The summed E-state index contributed by atoms with van der Waals surface area (Å²) in [6.45, 7) is -0.00573. The van der Waals surface area contributed by atoms with Crippen LogP contribution in [0.5, 0.6) is 11.5 Å². The van der Waals surface area contributed by atoms with Gasteiger partial charge in [-0.15, -0.1) is 0 Å². The topological polar surface area (TPSA) is 38.7 Å². The van der Waals surface area contributed by atoms with E-state index < -0.39 is 12.1 Å². The summed E-state index contributed by atoms with van der Waals surface area (Å²) >= 11 is 6.03. The van der Waals surface area contributed by atoms with Crippen LogP contribution in [0.4, 0.5) is 4.39 Å². The standard InChI is InChI=1S/C22H16ClFO3/c23-19-7-4-8-20(24)18(19)13-26-15-9-10-16-17(14-5-2-1-3-6-14)12-22(25)27-21(16)11-15/h1-12,22,25H,13H2. The third kappa shape index (κ3) is 3.68. The smallest absolute Gasteiger partial charge is 0.218 e. The van der Waals surface area contributed by atoms with E-state index >= 15 is 0 Å². The fraction of sp³-hybridized carbons (Fsp3) is 0.0909. The van der Waals surface area contributed by atoms with Crippen molar-refractivity contribution in [2.45, 2.75) is 12.9 Å². The normalized spacial score (nSPS) is 15.5. The van der Waals surface area contributed by atoms with Crippen LogP contribution in [0.2, 0.25) is 5.02 Å². The van der Waals surface area contributed by atoms with Crippen LogP contribution in [0.25, 0.3) is 5.57 Å². The molecule has 1 heterocycles. The molecule has 1 aliphatic rings. The third-order valence-electron chi connectivity index (χ3n) is 4.33. The van der Waals surface area contributed by atoms with Gasteiger partial charge in [0.15, 0.2) is 0 Å². The van der Waals surface area contributed by atoms with Gasteiger partial charge in [0.2, 0.25) is 6.29 Å². The number of hydrogen-bond donors (Lipinski definition) is 1. The van der Waals surface area contributed by atoms with Crippen LogP contribution < -0.4 is 9.47 Å². The Morgan fingerprint density at radius 1 is 1.04 bits per heavy atom. The molecule has 1 aliphatic heterocycles. The molecule has 1 atom stereocenters. The van der Waals surface area contributed by atoms with E-state index in [0.29, 0.717) is 22.1 Å². The van der Waals surface area contributed by atoms with Gasteiger partial charge in [-0.2, -0.15) is 0 Å². The van der Waals surface area contributed by atoms with Crippen molar-refractivity contribution in [2.24, 2.45) is 0 Å². The Morgan fingerprint density at radius 2 is 1.85 bits per heavy atom. The lowest BCUT2D eigenvalue weighted by atomic mass is 9.95. The highest BCUT2D eigenvalue weighted by atomic mass is 35.5. The Kier molecular flexibility index (Phi) is 4.84. The molecule has 5 heteroatoms. The van der Waals surface area contributed by atoms with Crippen LogP contribution in [-0.2, 0) is 6.61 Å². The number of aliphatic hydroxyl groups excluding tert-OH is 1. The van der Waals surface area contributed by atoms with E-state index in [4.69, 9.17) is 21.1 Å². The van der Waals surface area contributed by atoms with E-state index in [-0.39, 0.29) is 6.61 Å². The van der Waals surface area contributed by atoms with E-state index in [2.05, 4.69) is 0 Å². The first kappa shape index (κ1) is 17.6. The van der Waals surface area contributed by atoms with Crippen LogP contribution >= 0.6 is 11.6 Å². The van der Waals surface area contributed by atoms with Crippen molar-refractivity contribution < 1.29 is 19.0 Å². The quantitative estimate of drug-likeness (QED) is 0.674. The first-order valence-electron chi connectivity index (χ1n) is 8.44. The Balaban J connectivity index is 1.61. The summed E-state index contributed by atoms with van der Waals surface area (Å²) in [7, 11) is 0. The lowest BCUT2D eigenvalue weighted by molar-refractivity contribution is 0.0224. The average molecular weight is 383 g/mol. The highest BCUT2D eigenvalue weighted by molar-refractivity contribution is 6.31. The summed E-state index contributed by atoms with van der Waals surface area (Å²) in [5.41, 5.74) is 3.01. The largest absolute Gasteiger partial charge is 0.489 e. The minimum atomic E-state index is -1.05. The van der Waals surface area contributed by atoms with E-state index in [1.54, 1.807) is 30.3 Å². The van der Waals surface area contributed by atoms with Crippen LogP contribution in [0.3, 0.4) is 0 Å². The van der Waals surface area contributed by atoms with Crippen molar-refractivity contribution in [1.29, 1.82) is 0 Å². The highest BCUT2D eigenvalue weighted by Crippen LogP contribution is 2.38. The molecule has 0 amide bonds. The van der Waals surface area contributed by atoms with Gasteiger partial charge in [0.05, 0.1) is 5.02 Å². The molecule has 0 spiro atoms. The van der Waals surface area contributed by atoms with Gasteiger partial charge in [0, 0.05) is 17.2 Å². The fourth-order valence-corrected chi connectivity index (χ4v) is 3.22. The zero-order valence-electron chi connectivity index (χ0n) is 14.2. The molecule has 0 radical (unpaired) electrons. The maximum absolute atomic E-state index is 13.9. The zero-order valence-corrected chi connectivity index (χ0v) is 15.0. The van der Waals surface area contributed by atoms with Crippen LogP contribution in [0.15, 0.2) is 72.8 Å². The van der Waals surface area contributed by atoms with Crippen LogP contribution in [0, 0.1) is 5.82 Å². The van der Waals surface area contributed by atoms with Gasteiger partial charge in [-0.25, -0.2) is 4.39 Å². The van der Waals surface area contributed by atoms with Gasteiger partial charge in [-0.05, 0) is 41.5 Å². The van der Waals surface area contributed by atoms with Crippen molar-refractivity contribution >= 4 is 17.2 Å². The molecule has 0 bridgehead atoms. The van der Waals surface area contributed by atoms with Crippen molar-refractivity contribution in [2.75, 3.05) is 0 Å². The summed E-state index contributed by atoms with van der Waals surface area (Å²) in [6.07, 6.45) is 0.612. The summed E-state index contributed by atoms with van der Waals surface area (Å²) in [5.74, 6) is 0.581. The minimum Gasteiger partial charge on any atom is -0.489 e. The maximum atomic E-state index is 13.9. The molecule has 27 heavy (non-hydrogen) atoms. The van der Waals surface area contributed by atoms with Crippen LogP contribution in [0.1, 0.15) is 16.7 Å². The molecule has 1 N–H and O–H groups in total. The molecule has 4 rings (SSSR count). The van der Waals surface area contributed by atoms with Gasteiger partial charge in [0.1, 0.15) is 23.9 Å². The molecule has 0 fully saturated rings. The lowest BCUT2D eigenvalue weighted by Gasteiger charge is -2.23. The zero-order chi connectivity index (χ0) is 18.8. The van der Waals surface area contributed by atoms with E-state index in [0.717, 1.165) is 16.7 Å². The van der Waals surface area contributed by atoms with Crippen molar-refractivity contribution in [1.82, 2.24) is 0 Å². The summed E-state index contributed by atoms with van der Waals surface area (Å²) in [6, 6.07) is 19.6. The molecule has 3 nitrogen and oxygen atoms in total. The molecule has 1 unspecified atom stereocenters.